The zero-order valence-corrected chi connectivity index (χ0v) is 10.2. The highest BCUT2D eigenvalue weighted by Gasteiger charge is 2.31. The number of nitrogen functional groups attached to an aromatic ring is 1. The molecule has 0 aromatic carbocycles. The fourth-order valence-electron chi connectivity index (χ4n) is 3.33. The average molecular weight is 232 g/mol. The van der Waals surface area contributed by atoms with Gasteiger partial charge in [-0.2, -0.15) is 0 Å². The predicted molar refractivity (Wildman–Crippen MR) is 68.7 cm³/mol. The summed E-state index contributed by atoms with van der Waals surface area (Å²) in [7, 11) is 0. The van der Waals surface area contributed by atoms with E-state index in [2.05, 4.69) is 14.9 Å². The van der Waals surface area contributed by atoms with Gasteiger partial charge in [0.25, 0.3) is 0 Å². The average Bonchev–Trinajstić information content (AvgIpc) is 2.38. The zero-order valence-electron chi connectivity index (χ0n) is 10.2. The van der Waals surface area contributed by atoms with Crippen LogP contribution in [0, 0.1) is 11.8 Å². The molecule has 0 bridgehead atoms. The van der Waals surface area contributed by atoms with Crippen molar-refractivity contribution in [3.63, 3.8) is 0 Å². The summed E-state index contributed by atoms with van der Waals surface area (Å²) in [6, 6.07) is 0. The highest BCUT2D eigenvalue weighted by Crippen LogP contribution is 2.36. The van der Waals surface area contributed by atoms with Crippen LogP contribution < -0.4 is 10.6 Å². The number of anilines is 2. The maximum Gasteiger partial charge on any atom is 0.149 e. The molecule has 92 valence electrons. The van der Waals surface area contributed by atoms with Gasteiger partial charge in [-0.05, 0) is 24.7 Å². The number of nitrogens with two attached hydrogens (primary N) is 1. The van der Waals surface area contributed by atoms with Crippen LogP contribution in [0.2, 0.25) is 0 Å². The van der Waals surface area contributed by atoms with E-state index in [9.17, 15) is 0 Å². The standard InChI is InChI=1S/C13H20N4/c14-12-7-15-8-13(16-12)17-6-5-10-3-1-2-4-11(10)9-17/h7-8,10-11H,1-6,9H2,(H2,14,16). The van der Waals surface area contributed by atoms with Crippen molar-refractivity contribution in [3.8, 4) is 0 Å². The summed E-state index contributed by atoms with van der Waals surface area (Å²) in [4.78, 5) is 10.9. The Labute approximate surface area is 102 Å². The Morgan fingerprint density at radius 2 is 1.94 bits per heavy atom. The predicted octanol–water partition coefficient (Wildman–Crippen LogP) is 2.08. The lowest BCUT2D eigenvalue weighted by molar-refractivity contribution is 0.202. The molecule has 0 amide bonds. The van der Waals surface area contributed by atoms with E-state index in [1.54, 1.807) is 6.20 Å². The minimum atomic E-state index is 0.522. The van der Waals surface area contributed by atoms with Crippen LogP contribution in [-0.4, -0.2) is 23.1 Å². The van der Waals surface area contributed by atoms with Gasteiger partial charge in [-0.3, -0.25) is 4.98 Å². The molecule has 1 aromatic rings. The van der Waals surface area contributed by atoms with Crippen molar-refractivity contribution in [2.24, 2.45) is 11.8 Å². The Morgan fingerprint density at radius 3 is 2.76 bits per heavy atom. The Balaban J connectivity index is 1.73. The van der Waals surface area contributed by atoms with Crippen LogP contribution in [0.4, 0.5) is 11.6 Å². The Morgan fingerprint density at radius 1 is 1.12 bits per heavy atom. The molecule has 0 radical (unpaired) electrons. The molecule has 3 rings (SSSR count). The number of fused-ring (bicyclic) bond motifs is 1. The number of piperidine rings is 1. The summed E-state index contributed by atoms with van der Waals surface area (Å²) in [6.45, 7) is 2.25. The molecule has 2 fully saturated rings. The summed E-state index contributed by atoms with van der Waals surface area (Å²) >= 11 is 0. The van der Waals surface area contributed by atoms with Crippen LogP contribution >= 0.6 is 0 Å². The smallest absolute Gasteiger partial charge is 0.149 e. The van der Waals surface area contributed by atoms with E-state index in [4.69, 9.17) is 5.73 Å². The topological polar surface area (TPSA) is 55.0 Å². The van der Waals surface area contributed by atoms with Crippen molar-refractivity contribution in [3.05, 3.63) is 12.4 Å². The third-order valence-electron chi connectivity index (χ3n) is 4.26. The third-order valence-corrected chi connectivity index (χ3v) is 4.26. The van der Waals surface area contributed by atoms with E-state index in [0.29, 0.717) is 5.82 Å². The fourth-order valence-corrected chi connectivity index (χ4v) is 3.33. The van der Waals surface area contributed by atoms with Crippen molar-refractivity contribution in [2.75, 3.05) is 23.7 Å². The molecule has 2 atom stereocenters. The van der Waals surface area contributed by atoms with Gasteiger partial charge in [0, 0.05) is 13.1 Å². The van der Waals surface area contributed by atoms with E-state index in [1.807, 2.05) is 6.20 Å². The van der Waals surface area contributed by atoms with Gasteiger partial charge in [-0.25, -0.2) is 4.98 Å². The summed E-state index contributed by atoms with van der Waals surface area (Å²) in [5.41, 5.74) is 5.70. The van der Waals surface area contributed by atoms with E-state index >= 15 is 0 Å². The molecule has 1 aliphatic heterocycles. The maximum absolute atomic E-state index is 5.70. The molecule has 2 N–H and O–H groups in total. The van der Waals surface area contributed by atoms with Crippen LogP contribution in [0.1, 0.15) is 32.1 Å². The molecular weight excluding hydrogens is 212 g/mol. The molecule has 0 spiro atoms. The second-order valence-electron chi connectivity index (χ2n) is 5.34. The van der Waals surface area contributed by atoms with Crippen molar-refractivity contribution < 1.29 is 0 Å². The first-order valence-corrected chi connectivity index (χ1v) is 6.65. The third kappa shape index (κ3) is 2.21. The molecule has 1 aliphatic carbocycles. The van der Waals surface area contributed by atoms with Crippen molar-refractivity contribution in [2.45, 2.75) is 32.1 Å². The second kappa shape index (κ2) is 4.51. The van der Waals surface area contributed by atoms with Gasteiger partial charge in [-0.15, -0.1) is 0 Å². The highest BCUT2D eigenvalue weighted by atomic mass is 15.2. The summed E-state index contributed by atoms with van der Waals surface area (Å²) in [6.07, 6.45) is 10.4. The number of nitrogens with zero attached hydrogens (tertiary/aromatic N) is 3. The number of hydrogen-bond donors (Lipinski definition) is 1. The Bertz CT molecular complexity index is 393. The maximum atomic E-state index is 5.70. The second-order valence-corrected chi connectivity index (χ2v) is 5.34. The van der Waals surface area contributed by atoms with Crippen LogP contribution in [0.15, 0.2) is 12.4 Å². The molecule has 2 aliphatic rings. The van der Waals surface area contributed by atoms with Gasteiger partial charge >= 0.3 is 0 Å². The lowest BCUT2D eigenvalue weighted by atomic mass is 9.75. The van der Waals surface area contributed by atoms with Crippen molar-refractivity contribution in [1.29, 1.82) is 0 Å². The lowest BCUT2D eigenvalue weighted by Crippen LogP contribution is -2.42. The first-order valence-electron chi connectivity index (χ1n) is 6.65. The van der Waals surface area contributed by atoms with Crippen molar-refractivity contribution in [1.82, 2.24) is 9.97 Å². The molecule has 4 nitrogen and oxygen atoms in total. The largest absolute Gasteiger partial charge is 0.382 e. The Hall–Kier alpha value is -1.32. The first-order chi connectivity index (χ1) is 8.33. The molecule has 1 saturated heterocycles. The molecule has 2 heterocycles. The van der Waals surface area contributed by atoms with E-state index in [-0.39, 0.29) is 0 Å². The summed E-state index contributed by atoms with van der Waals surface area (Å²) in [5.74, 6) is 3.29. The van der Waals surface area contributed by atoms with Gasteiger partial charge in [0.2, 0.25) is 0 Å². The first kappa shape index (κ1) is 10.8. The van der Waals surface area contributed by atoms with Crippen molar-refractivity contribution >= 4 is 11.6 Å². The summed E-state index contributed by atoms with van der Waals surface area (Å²) < 4.78 is 0. The molecular formula is C13H20N4. The van der Waals surface area contributed by atoms with Gasteiger partial charge in [0.1, 0.15) is 11.6 Å². The van der Waals surface area contributed by atoms with E-state index in [1.165, 1.54) is 32.1 Å². The minimum absolute atomic E-state index is 0.522. The number of rotatable bonds is 1. The zero-order chi connectivity index (χ0) is 11.7. The number of aromatic nitrogens is 2. The Kier molecular flexibility index (Phi) is 2.87. The van der Waals surface area contributed by atoms with Gasteiger partial charge < -0.3 is 10.6 Å². The van der Waals surface area contributed by atoms with Crippen LogP contribution in [0.25, 0.3) is 0 Å². The van der Waals surface area contributed by atoms with Gasteiger partial charge in [0.15, 0.2) is 0 Å². The monoisotopic (exact) mass is 232 g/mol. The molecule has 1 saturated carbocycles. The molecule has 17 heavy (non-hydrogen) atoms. The lowest BCUT2D eigenvalue weighted by Gasteiger charge is -2.41. The molecule has 2 unspecified atom stereocenters. The van der Waals surface area contributed by atoms with Gasteiger partial charge in [0.05, 0.1) is 12.4 Å². The molecule has 4 heteroatoms. The quantitative estimate of drug-likeness (QED) is 0.805. The number of hydrogen-bond acceptors (Lipinski definition) is 4. The van der Waals surface area contributed by atoms with Gasteiger partial charge in [-0.1, -0.05) is 19.3 Å². The van der Waals surface area contributed by atoms with Crippen LogP contribution in [0.3, 0.4) is 0 Å². The molecule has 1 aromatic heterocycles. The van der Waals surface area contributed by atoms with E-state index < -0.39 is 0 Å². The van der Waals surface area contributed by atoms with Crippen LogP contribution in [0.5, 0.6) is 0 Å². The fraction of sp³-hybridized carbons (Fsp3) is 0.692. The highest BCUT2D eigenvalue weighted by molar-refractivity contribution is 5.41. The normalized spacial score (nSPS) is 28.8. The SMILES string of the molecule is Nc1cncc(N2CCC3CCCCC3C2)n1. The van der Waals surface area contributed by atoms with E-state index in [0.717, 1.165) is 30.7 Å². The minimum Gasteiger partial charge on any atom is -0.382 e. The van der Waals surface area contributed by atoms with Crippen LogP contribution in [-0.2, 0) is 0 Å². The summed E-state index contributed by atoms with van der Waals surface area (Å²) in [5, 5.41) is 0.